The number of nitrogens with two attached hydrogens (primary N) is 1. The van der Waals surface area contributed by atoms with Crippen LogP contribution in [0.15, 0.2) is 53.1 Å². The van der Waals surface area contributed by atoms with Crippen molar-refractivity contribution in [3.05, 3.63) is 60.1 Å². The zero-order chi connectivity index (χ0) is 14.5. The van der Waals surface area contributed by atoms with Gasteiger partial charge in [0, 0.05) is 6.04 Å². The molecule has 1 aromatic carbocycles. The molecule has 2 atom stereocenters. The summed E-state index contributed by atoms with van der Waals surface area (Å²) in [4.78, 5) is 2.59. The van der Waals surface area contributed by atoms with E-state index in [-0.39, 0.29) is 6.04 Å². The van der Waals surface area contributed by atoms with Crippen LogP contribution >= 0.6 is 0 Å². The van der Waals surface area contributed by atoms with E-state index >= 15 is 0 Å². The molecule has 3 nitrogen and oxygen atoms in total. The van der Waals surface area contributed by atoms with Gasteiger partial charge >= 0.3 is 0 Å². The van der Waals surface area contributed by atoms with Gasteiger partial charge in [-0.2, -0.15) is 0 Å². The molecule has 3 rings (SSSR count). The van der Waals surface area contributed by atoms with Crippen molar-refractivity contribution in [3.63, 3.8) is 0 Å². The Morgan fingerprint density at radius 1 is 1.14 bits per heavy atom. The number of furan rings is 1. The highest BCUT2D eigenvalue weighted by Crippen LogP contribution is 2.34. The molecule has 0 bridgehead atoms. The smallest absolute Gasteiger partial charge is 0.125 e. The molecule has 112 valence electrons. The molecule has 1 saturated heterocycles. The quantitative estimate of drug-likeness (QED) is 0.912. The van der Waals surface area contributed by atoms with Crippen LogP contribution in [0.2, 0.25) is 0 Å². The second-order valence-electron chi connectivity index (χ2n) is 5.79. The van der Waals surface area contributed by atoms with E-state index in [1.807, 2.05) is 6.07 Å². The van der Waals surface area contributed by atoms with E-state index in [0.717, 1.165) is 25.3 Å². The molecule has 0 radical (unpaired) electrons. The maximum absolute atomic E-state index is 5.83. The number of hydrogen-bond donors (Lipinski definition) is 1. The van der Waals surface area contributed by atoms with E-state index < -0.39 is 0 Å². The van der Waals surface area contributed by atoms with Crippen LogP contribution in [0.3, 0.4) is 0 Å². The van der Waals surface area contributed by atoms with Crippen molar-refractivity contribution < 1.29 is 4.42 Å². The summed E-state index contributed by atoms with van der Waals surface area (Å²) < 4.78 is 5.76. The van der Waals surface area contributed by atoms with E-state index in [1.54, 1.807) is 6.26 Å². The third-order valence-electron chi connectivity index (χ3n) is 4.43. The van der Waals surface area contributed by atoms with Crippen molar-refractivity contribution in [3.8, 4) is 0 Å². The van der Waals surface area contributed by atoms with Gasteiger partial charge in [-0.25, -0.2) is 0 Å². The lowest BCUT2D eigenvalue weighted by Crippen LogP contribution is -2.43. The van der Waals surface area contributed by atoms with Crippen LogP contribution in [-0.2, 0) is 0 Å². The third-order valence-corrected chi connectivity index (χ3v) is 4.43. The van der Waals surface area contributed by atoms with Crippen molar-refractivity contribution >= 4 is 0 Å². The Morgan fingerprint density at radius 3 is 2.71 bits per heavy atom. The summed E-state index contributed by atoms with van der Waals surface area (Å²) in [5.74, 6) is 1.03. The highest BCUT2D eigenvalue weighted by atomic mass is 16.3. The van der Waals surface area contributed by atoms with Gasteiger partial charge in [-0.05, 0) is 50.0 Å². The Kier molecular flexibility index (Phi) is 4.73. The molecule has 1 aliphatic rings. The molecule has 0 spiro atoms. The normalized spacial score (nSPS) is 21.3. The minimum absolute atomic E-state index is 0.207. The van der Waals surface area contributed by atoms with Crippen molar-refractivity contribution in [2.24, 2.45) is 5.73 Å². The number of hydrogen-bond acceptors (Lipinski definition) is 3. The molecule has 1 aromatic heterocycles. The van der Waals surface area contributed by atoms with Crippen molar-refractivity contribution in [1.82, 2.24) is 4.90 Å². The van der Waals surface area contributed by atoms with Gasteiger partial charge in [-0.1, -0.05) is 36.8 Å². The van der Waals surface area contributed by atoms with Gasteiger partial charge in [0.15, 0.2) is 0 Å². The van der Waals surface area contributed by atoms with Crippen molar-refractivity contribution in [2.75, 3.05) is 13.1 Å². The highest BCUT2D eigenvalue weighted by molar-refractivity contribution is 5.27. The lowest BCUT2D eigenvalue weighted by Gasteiger charge is -2.40. The predicted molar refractivity (Wildman–Crippen MR) is 85.0 cm³/mol. The minimum atomic E-state index is 0.207. The van der Waals surface area contributed by atoms with Crippen LogP contribution in [0.4, 0.5) is 0 Å². The maximum atomic E-state index is 5.83. The predicted octanol–water partition coefficient (Wildman–Crippen LogP) is 3.57. The van der Waals surface area contributed by atoms with E-state index in [1.165, 1.54) is 24.8 Å². The molecule has 3 heteroatoms. The Hall–Kier alpha value is -1.58. The molecule has 1 fully saturated rings. The first kappa shape index (κ1) is 14.4. The summed E-state index contributed by atoms with van der Waals surface area (Å²) in [5.41, 5.74) is 7.13. The SMILES string of the molecule is NCCC1CCCCN1C(c1ccccc1)c1ccco1. The Bertz CT molecular complexity index is 521. The van der Waals surface area contributed by atoms with Crippen LogP contribution < -0.4 is 5.73 Å². The van der Waals surface area contributed by atoms with Crippen LogP contribution in [0.25, 0.3) is 0 Å². The van der Waals surface area contributed by atoms with Crippen molar-refractivity contribution in [2.45, 2.75) is 37.8 Å². The Labute approximate surface area is 126 Å². The number of rotatable bonds is 5. The number of piperidine rings is 1. The van der Waals surface area contributed by atoms with E-state index in [2.05, 4.69) is 41.3 Å². The number of benzene rings is 1. The van der Waals surface area contributed by atoms with Gasteiger partial charge in [-0.3, -0.25) is 4.90 Å². The molecule has 0 amide bonds. The number of likely N-dealkylation sites (tertiary alicyclic amines) is 1. The lowest BCUT2D eigenvalue weighted by atomic mass is 9.93. The van der Waals surface area contributed by atoms with Crippen molar-refractivity contribution in [1.29, 1.82) is 0 Å². The first-order valence-electron chi connectivity index (χ1n) is 7.94. The van der Waals surface area contributed by atoms with Gasteiger partial charge in [-0.15, -0.1) is 0 Å². The second kappa shape index (κ2) is 6.92. The van der Waals surface area contributed by atoms with Crippen LogP contribution in [0, 0.1) is 0 Å². The third kappa shape index (κ3) is 3.20. The number of nitrogens with zero attached hydrogens (tertiary/aromatic N) is 1. The molecule has 2 N–H and O–H groups in total. The largest absolute Gasteiger partial charge is 0.467 e. The van der Waals surface area contributed by atoms with E-state index in [0.29, 0.717) is 6.04 Å². The summed E-state index contributed by atoms with van der Waals surface area (Å²) in [6.07, 6.45) is 6.63. The topological polar surface area (TPSA) is 42.4 Å². The fraction of sp³-hybridized carbons (Fsp3) is 0.444. The average Bonchev–Trinajstić information content (AvgIpc) is 3.05. The molecular weight excluding hydrogens is 260 g/mol. The first-order chi connectivity index (χ1) is 10.4. The van der Waals surface area contributed by atoms with E-state index in [9.17, 15) is 0 Å². The zero-order valence-corrected chi connectivity index (χ0v) is 12.4. The van der Waals surface area contributed by atoms with Gasteiger partial charge < -0.3 is 10.2 Å². The molecule has 0 aliphatic carbocycles. The Balaban J connectivity index is 1.94. The zero-order valence-electron chi connectivity index (χ0n) is 12.4. The molecular formula is C18H24N2O. The first-order valence-corrected chi connectivity index (χ1v) is 7.94. The standard InChI is InChI=1S/C18H24N2O/c19-12-11-16-9-4-5-13-20(16)18(17-10-6-14-21-17)15-7-2-1-3-8-15/h1-3,6-8,10,14,16,18H,4-5,9,11-13,19H2. The average molecular weight is 284 g/mol. The summed E-state index contributed by atoms with van der Waals surface area (Å²) in [6, 6.07) is 15.5. The van der Waals surface area contributed by atoms with Crippen LogP contribution in [0.1, 0.15) is 43.0 Å². The molecule has 0 saturated carbocycles. The molecule has 2 unspecified atom stereocenters. The van der Waals surface area contributed by atoms with E-state index in [4.69, 9.17) is 10.2 Å². The van der Waals surface area contributed by atoms with Gasteiger partial charge in [0.05, 0.1) is 12.3 Å². The highest BCUT2D eigenvalue weighted by Gasteiger charge is 2.31. The summed E-state index contributed by atoms with van der Waals surface area (Å²) in [7, 11) is 0. The summed E-state index contributed by atoms with van der Waals surface area (Å²) >= 11 is 0. The fourth-order valence-corrected chi connectivity index (χ4v) is 3.47. The van der Waals surface area contributed by atoms with Crippen LogP contribution in [0.5, 0.6) is 0 Å². The summed E-state index contributed by atoms with van der Waals surface area (Å²) in [5, 5.41) is 0. The molecule has 2 heterocycles. The Morgan fingerprint density at radius 2 is 2.00 bits per heavy atom. The van der Waals surface area contributed by atoms with Gasteiger partial charge in [0.1, 0.15) is 5.76 Å². The monoisotopic (exact) mass is 284 g/mol. The van der Waals surface area contributed by atoms with Gasteiger partial charge in [0.2, 0.25) is 0 Å². The van der Waals surface area contributed by atoms with Crippen LogP contribution in [-0.4, -0.2) is 24.0 Å². The molecule has 21 heavy (non-hydrogen) atoms. The van der Waals surface area contributed by atoms with Gasteiger partial charge in [0.25, 0.3) is 0 Å². The summed E-state index contributed by atoms with van der Waals surface area (Å²) in [6.45, 7) is 1.87. The molecule has 2 aromatic rings. The minimum Gasteiger partial charge on any atom is -0.467 e. The fourth-order valence-electron chi connectivity index (χ4n) is 3.47. The lowest BCUT2D eigenvalue weighted by molar-refractivity contribution is 0.0971. The maximum Gasteiger partial charge on any atom is 0.125 e. The second-order valence-corrected chi connectivity index (χ2v) is 5.79. The molecule has 1 aliphatic heterocycles.